The van der Waals surface area contributed by atoms with Crippen LogP contribution in [0.5, 0.6) is 0 Å². The molecule has 0 aliphatic carbocycles. The Kier molecular flexibility index (Phi) is 6.04. The number of nitro benzene ring substituents is 1. The fourth-order valence-corrected chi connectivity index (χ4v) is 4.52. The highest BCUT2D eigenvalue weighted by Crippen LogP contribution is 2.39. The van der Waals surface area contributed by atoms with E-state index in [-0.39, 0.29) is 37.1 Å². The number of benzene rings is 2. The summed E-state index contributed by atoms with van der Waals surface area (Å²) in [5, 5.41) is 11.3. The Morgan fingerprint density at radius 3 is 2.61 bits per heavy atom. The van der Waals surface area contributed by atoms with Gasteiger partial charge in [-0.1, -0.05) is 41.6 Å². The largest absolute Gasteiger partial charge is 0.457 e. The van der Waals surface area contributed by atoms with Gasteiger partial charge in [0, 0.05) is 23.8 Å². The number of anilines is 1. The minimum absolute atomic E-state index is 0.000708. The predicted octanol–water partition coefficient (Wildman–Crippen LogP) is 6.93. The summed E-state index contributed by atoms with van der Waals surface area (Å²) >= 11 is 12.2. The number of thioether (sulfide) groups is 1. The molecule has 1 amide bonds. The molecular weight excluding hydrogens is 501 g/mol. The number of nitrogens with zero attached hydrogens (tertiary/aromatic N) is 2. The molecule has 0 atom stereocenters. The van der Waals surface area contributed by atoms with Crippen LogP contribution in [0.1, 0.15) is 11.3 Å². The van der Waals surface area contributed by atoms with Crippen molar-refractivity contribution in [2.24, 2.45) is 0 Å². The number of rotatable bonds is 4. The van der Waals surface area contributed by atoms with Gasteiger partial charge in [-0.15, -0.1) is 0 Å². The predicted molar refractivity (Wildman–Crippen MR) is 123 cm³/mol. The summed E-state index contributed by atoms with van der Waals surface area (Å²) in [4.78, 5) is 24.5. The number of non-ortho nitro benzene ring substituents is 1. The van der Waals surface area contributed by atoms with Crippen molar-refractivity contribution in [3.8, 4) is 11.3 Å². The summed E-state index contributed by atoms with van der Waals surface area (Å²) in [5.74, 6) is -0.129. The van der Waals surface area contributed by atoms with Crippen LogP contribution in [0.4, 0.5) is 24.5 Å². The van der Waals surface area contributed by atoms with Gasteiger partial charge in [-0.25, -0.2) is 0 Å². The van der Waals surface area contributed by atoms with Gasteiger partial charge in [-0.05, 0) is 36.4 Å². The van der Waals surface area contributed by atoms with Gasteiger partial charge in [0.05, 0.1) is 26.1 Å². The Labute approximate surface area is 198 Å². The summed E-state index contributed by atoms with van der Waals surface area (Å²) in [6.07, 6.45) is -3.17. The number of carbonyl (C=O) groups is 1. The number of thiocarbonyl (C=S) groups is 1. The van der Waals surface area contributed by atoms with Crippen LogP contribution in [-0.2, 0) is 11.0 Å². The van der Waals surface area contributed by atoms with Crippen LogP contribution in [0.2, 0.25) is 5.02 Å². The number of nitro groups is 1. The number of amides is 1. The lowest BCUT2D eigenvalue weighted by Crippen LogP contribution is -2.27. The molecule has 0 spiro atoms. The van der Waals surface area contributed by atoms with Gasteiger partial charge >= 0.3 is 6.18 Å². The molecule has 0 bridgehead atoms. The first kappa shape index (κ1) is 23.0. The van der Waals surface area contributed by atoms with E-state index in [1.807, 2.05) is 0 Å². The topological polar surface area (TPSA) is 76.6 Å². The zero-order valence-corrected chi connectivity index (χ0v) is 18.5. The number of carbonyl (C=O) groups excluding carboxylic acids is 1. The molecular formula is C21H10ClF3N2O4S2. The molecule has 1 fully saturated rings. The molecule has 3 aromatic rings. The van der Waals surface area contributed by atoms with Crippen LogP contribution in [0.3, 0.4) is 0 Å². The Hall–Kier alpha value is -3.15. The average molecular weight is 511 g/mol. The van der Waals surface area contributed by atoms with E-state index >= 15 is 0 Å². The SMILES string of the molecule is O=C1C(=Cc2ccc(-c3cc([N+](=O)[O-])ccc3Cl)o2)SC(=S)N1c1cccc(C(F)(F)F)c1. The van der Waals surface area contributed by atoms with E-state index in [9.17, 15) is 28.1 Å². The highest BCUT2D eigenvalue weighted by atomic mass is 35.5. The molecule has 0 radical (unpaired) electrons. The third-order valence-corrected chi connectivity index (χ3v) is 6.18. The first-order valence-corrected chi connectivity index (χ1v) is 10.6. The van der Waals surface area contributed by atoms with Crippen molar-refractivity contribution in [1.82, 2.24) is 0 Å². The molecule has 4 rings (SSSR count). The molecule has 0 unspecified atom stereocenters. The van der Waals surface area contributed by atoms with E-state index in [1.54, 1.807) is 0 Å². The number of furan rings is 1. The van der Waals surface area contributed by atoms with Crippen LogP contribution in [0.25, 0.3) is 17.4 Å². The standard InChI is InChI=1S/C21H10ClF3N2O4S2/c22-16-6-4-13(27(29)30)9-15(16)17-7-5-14(31-17)10-18-19(28)26(20(32)33-18)12-3-1-2-11(8-12)21(23,24)25/h1-10H. The summed E-state index contributed by atoms with van der Waals surface area (Å²) in [6.45, 7) is 0. The molecule has 0 N–H and O–H groups in total. The zero-order valence-electron chi connectivity index (χ0n) is 16.1. The maximum Gasteiger partial charge on any atom is 0.416 e. The lowest BCUT2D eigenvalue weighted by Gasteiger charge is -2.16. The lowest BCUT2D eigenvalue weighted by molar-refractivity contribution is -0.384. The van der Waals surface area contributed by atoms with Crippen LogP contribution in [0.15, 0.2) is 63.9 Å². The second kappa shape index (κ2) is 8.65. The first-order chi connectivity index (χ1) is 15.5. The number of halogens is 4. The molecule has 168 valence electrons. The monoisotopic (exact) mass is 510 g/mol. The summed E-state index contributed by atoms with van der Waals surface area (Å²) in [7, 11) is 0. The molecule has 1 aliphatic heterocycles. The quantitative estimate of drug-likeness (QED) is 0.164. The summed E-state index contributed by atoms with van der Waals surface area (Å²) in [5.41, 5.74) is -0.780. The minimum atomic E-state index is -4.56. The maximum atomic E-state index is 13.0. The van der Waals surface area contributed by atoms with Crippen LogP contribution in [0, 0.1) is 10.1 Å². The lowest BCUT2D eigenvalue weighted by atomic mass is 10.1. The smallest absolute Gasteiger partial charge is 0.416 e. The van der Waals surface area contributed by atoms with Crippen molar-refractivity contribution in [1.29, 1.82) is 0 Å². The van der Waals surface area contributed by atoms with Crippen molar-refractivity contribution in [2.75, 3.05) is 4.90 Å². The van der Waals surface area contributed by atoms with E-state index < -0.39 is 22.6 Å². The highest BCUT2D eigenvalue weighted by molar-refractivity contribution is 8.27. The van der Waals surface area contributed by atoms with Gasteiger partial charge in [0.2, 0.25) is 0 Å². The normalized spacial score (nSPS) is 15.5. The zero-order chi connectivity index (χ0) is 23.9. The highest BCUT2D eigenvalue weighted by Gasteiger charge is 2.36. The van der Waals surface area contributed by atoms with Crippen LogP contribution >= 0.6 is 35.6 Å². The van der Waals surface area contributed by atoms with E-state index in [2.05, 4.69) is 0 Å². The Bertz CT molecular complexity index is 1340. The van der Waals surface area contributed by atoms with E-state index in [4.69, 9.17) is 28.2 Å². The van der Waals surface area contributed by atoms with Gasteiger partial charge in [0.1, 0.15) is 11.5 Å². The van der Waals surface area contributed by atoms with Crippen LogP contribution in [-0.4, -0.2) is 15.2 Å². The summed E-state index contributed by atoms with van der Waals surface area (Å²) < 4.78 is 44.9. The summed E-state index contributed by atoms with van der Waals surface area (Å²) in [6, 6.07) is 11.3. The van der Waals surface area contributed by atoms with Crippen molar-refractivity contribution >= 4 is 63.3 Å². The van der Waals surface area contributed by atoms with Gasteiger partial charge in [0.15, 0.2) is 4.32 Å². The molecule has 33 heavy (non-hydrogen) atoms. The van der Waals surface area contributed by atoms with Crippen molar-refractivity contribution in [3.05, 3.63) is 86.0 Å². The number of hydrogen-bond donors (Lipinski definition) is 0. The van der Waals surface area contributed by atoms with E-state index in [0.29, 0.717) is 5.56 Å². The van der Waals surface area contributed by atoms with Gasteiger partial charge < -0.3 is 4.42 Å². The molecule has 2 heterocycles. The van der Waals surface area contributed by atoms with Crippen molar-refractivity contribution in [3.63, 3.8) is 0 Å². The molecule has 0 saturated carbocycles. The van der Waals surface area contributed by atoms with Crippen LogP contribution < -0.4 is 4.90 Å². The van der Waals surface area contributed by atoms with E-state index in [0.717, 1.165) is 28.8 Å². The molecule has 12 heteroatoms. The van der Waals surface area contributed by atoms with Crippen molar-refractivity contribution in [2.45, 2.75) is 6.18 Å². The van der Waals surface area contributed by atoms with E-state index in [1.165, 1.54) is 48.5 Å². The van der Waals surface area contributed by atoms with Gasteiger partial charge in [-0.2, -0.15) is 13.2 Å². The maximum absolute atomic E-state index is 13.0. The molecule has 1 saturated heterocycles. The average Bonchev–Trinajstić information content (AvgIpc) is 3.32. The molecule has 6 nitrogen and oxygen atoms in total. The number of alkyl halides is 3. The second-order valence-corrected chi connectivity index (χ2v) is 8.77. The Balaban J connectivity index is 1.63. The molecule has 1 aliphatic rings. The third kappa shape index (κ3) is 4.65. The molecule has 2 aromatic carbocycles. The Morgan fingerprint density at radius 1 is 1.15 bits per heavy atom. The van der Waals surface area contributed by atoms with Crippen molar-refractivity contribution < 1.29 is 27.3 Å². The van der Waals surface area contributed by atoms with Gasteiger partial charge in [0.25, 0.3) is 11.6 Å². The Morgan fingerprint density at radius 2 is 1.91 bits per heavy atom. The first-order valence-electron chi connectivity index (χ1n) is 9.04. The fraction of sp³-hybridized carbons (Fsp3) is 0.0476. The second-order valence-electron chi connectivity index (χ2n) is 6.69. The fourth-order valence-electron chi connectivity index (χ4n) is 3.03. The minimum Gasteiger partial charge on any atom is -0.457 e. The third-order valence-electron chi connectivity index (χ3n) is 4.55. The number of hydrogen-bond acceptors (Lipinski definition) is 6. The van der Waals surface area contributed by atoms with Gasteiger partial charge in [-0.3, -0.25) is 19.8 Å². The molecule has 1 aromatic heterocycles.